The number of rotatable bonds is 9. The molecule has 0 saturated heterocycles. The summed E-state index contributed by atoms with van der Waals surface area (Å²) in [5.41, 5.74) is 1.42. The number of phenols is 1. The minimum absolute atomic E-state index is 0.0809. The van der Waals surface area contributed by atoms with Gasteiger partial charge in [-0.1, -0.05) is 58.2 Å². The maximum Gasteiger partial charge on any atom is 0.339 e. The van der Waals surface area contributed by atoms with Crippen molar-refractivity contribution in [3.8, 4) is 11.5 Å². The molecular weight excluding hydrogens is 328 g/mol. The first-order chi connectivity index (χ1) is 12.4. The highest BCUT2D eigenvalue weighted by molar-refractivity contribution is 5.91. The summed E-state index contributed by atoms with van der Waals surface area (Å²) in [4.78, 5) is 11.3. The van der Waals surface area contributed by atoms with Crippen LogP contribution in [0, 0.1) is 0 Å². The molecule has 0 spiro atoms. The Morgan fingerprint density at radius 3 is 2.27 bits per heavy atom. The van der Waals surface area contributed by atoms with E-state index in [1.807, 2.05) is 38.1 Å². The van der Waals surface area contributed by atoms with Crippen LogP contribution in [0.5, 0.6) is 11.5 Å². The van der Waals surface area contributed by atoms with Crippen molar-refractivity contribution in [1.29, 1.82) is 0 Å². The molecule has 2 N–H and O–H groups in total. The minimum Gasteiger partial charge on any atom is -0.507 e. The number of carboxylic acid groups (broad SMARTS) is 1. The summed E-state index contributed by atoms with van der Waals surface area (Å²) >= 11 is 0. The first kappa shape index (κ1) is 19.8. The Hall–Kier alpha value is -2.49. The third-order valence-electron chi connectivity index (χ3n) is 4.79. The topological polar surface area (TPSA) is 66.8 Å². The predicted octanol–water partition coefficient (Wildman–Crippen LogP) is 5.38. The minimum atomic E-state index is -1.13. The Bertz CT molecular complexity index is 732. The molecule has 2 rings (SSSR count). The standard InChI is InChI=1S/C22H28O4/c1-4-5-6-7-14-26-18-11-8-16(9-12-18)22(2,3)17-10-13-20(23)19(15-17)21(24)25/h8-13,15,23H,4-7,14H2,1-3H3,(H,24,25). The lowest BCUT2D eigenvalue weighted by Gasteiger charge is -2.27. The number of aromatic carboxylic acids is 1. The quantitative estimate of drug-likeness (QED) is 0.592. The van der Waals surface area contributed by atoms with Crippen molar-refractivity contribution in [1.82, 2.24) is 0 Å². The van der Waals surface area contributed by atoms with Crippen LogP contribution in [0.1, 0.15) is 67.9 Å². The Balaban J connectivity index is 2.11. The van der Waals surface area contributed by atoms with Gasteiger partial charge in [0.25, 0.3) is 0 Å². The fourth-order valence-electron chi connectivity index (χ4n) is 2.95. The molecule has 0 aliphatic heterocycles. The van der Waals surface area contributed by atoms with E-state index in [0.29, 0.717) is 0 Å². The van der Waals surface area contributed by atoms with Gasteiger partial charge in [-0.05, 0) is 41.8 Å². The number of benzene rings is 2. The summed E-state index contributed by atoms with van der Waals surface area (Å²) in [5, 5.41) is 18.9. The van der Waals surface area contributed by atoms with Crippen molar-refractivity contribution in [2.24, 2.45) is 0 Å². The van der Waals surface area contributed by atoms with Crippen molar-refractivity contribution < 1.29 is 19.7 Å². The predicted molar refractivity (Wildman–Crippen MR) is 103 cm³/mol. The van der Waals surface area contributed by atoms with Gasteiger partial charge in [0, 0.05) is 5.41 Å². The van der Waals surface area contributed by atoms with Gasteiger partial charge in [-0.3, -0.25) is 0 Å². The maximum absolute atomic E-state index is 11.3. The van der Waals surface area contributed by atoms with Crippen LogP contribution >= 0.6 is 0 Å². The number of carbonyl (C=O) groups is 1. The van der Waals surface area contributed by atoms with Crippen molar-refractivity contribution in [2.75, 3.05) is 6.61 Å². The van der Waals surface area contributed by atoms with E-state index in [1.165, 1.54) is 31.4 Å². The monoisotopic (exact) mass is 356 g/mol. The molecule has 0 aromatic heterocycles. The zero-order valence-corrected chi connectivity index (χ0v) is 15.8. The lowest BCUT2D eigenvalue weighted by atomic mass is 9.77. The van der Waals surface area contributed by atoms with Gasteiger partial charge < -0.3 is 14.9 Å². The Kier molecular flexibility index (Phi) is 6.67. The van der Waals surface area contributed by atoms with Crippen molar-refractivity contribution in [3.63, 3.8) is 0 Å². The second-order valence-corrected chi connectivity index (χ2v) is 7.10. The van der Waals surface area contributed by atoms with E-state index in [9.17, 15) is 15.0 Å². The van der Waals surface area contributed by atoms with Crippen molar-refractivity contribution in [3.05, 3.63) is 59.2 Å². The van der Waals surface area contributed by atoms with Gasteiger partial charge in [-0.2, -0.15) is 0 Å². The van der Waals surface area contributed by atoms with Gasteiger partial charge in [-0.15, -0.1) is 0 Å². The van der Waals surface area contributed by atoms with Crippen LogP contribution in [0.15, 0.2) is 42.5 Å². The number of ether oxygens (including phenoxy) is 1. The second kappa shape index (κ2) is 8.75. The summed E-state index contributed by atoms with van der Waals surface area (Å²) in [6.07, 6.45) is 4.70. The van der Waals surface area contributed by atoms with Crippen molar-refractivity contribution >= 4 is 5.97 Å². The van der Waals surface area contributed by atoms with Crippen LogP contribution in [0.25, 0.3) is 0 Å². The first-order valence-electron chi connectivity index (χ1n) is 9.16. The molecule has 4 nitrogen and oxygen atoms in total. The SMILES string of the molecule is CCCCCCOc1ccc(C(C)(C)c2ccc(O)c(C(=O)O)c2)cc1. The van der Waals surface area contributed by atoms with Crippen LogP contribution in [0.2, 0.25) is 0 Å². The van der Waals surface area contributed by atoms with Crippen LogP contribution in [0.4, 0.5) is 0 Å². The maximum atomic E-state index is 11.3. The Morgan fingerprint density at radius 2 is 1.65 bits per heavy atom. The van der Waals surface area contributed by atoms with Crippen LogP contribution in [0.3, 0.4) is 0 Å². The summed E-state index contributed by atoms with van der Waals surface area (Å²) in [6, 6.07) is 12.7. The van der Waals surface area contributed by atoms with Gasteiger partial charge in [0.1, 0.15) is 17.1 Å². The van der Waals surface area contributed by atoms with E-state index in [-0.39, 0.29) is 11.3 Å². The Morgan fingerprint density at radius 1 is 1.00 bits per heavy atom. The molecule has 0 bridgehead atoms. The molecule has 0 saturated carbocycles. The van der Waals surface area contributed by atoms with Gasteiger partial charge in [0.05, 0.1) is 6.61 Å². The lowest BCUT2D eigenvalue weighted by molar-refractivity contribution is 0.0693. The van der Waals surface area contributed by atoms with Crippen LogP contribution < -0.4 is 4.74 Å². The van der Waals surface area contributed by atoms with E-state index < -0.39 is 11.4 Å². The molecule has 0 radical (unpaired) electrons. The van der Waals surface area contributed by atoms with Crippen molar-refractivity contribution in [2.45, 2.75) is 51.9 Å². The first-order valence-corrected chi connectivity index (χ1v) is 9.16. The van der Waals surface area contributed by atoms with Gasteiger partial charge >= 0.3 is 5.97 Å². The van der Waals surface area contributed by atoms with Crippen LogP contribution in [-0.4, -0.2) is 22.8 Å². The summed E-state index contributed by atoms with van der Waals surface area (Å²) in [5.74, 6) is -0.506. The van der Waals surface area contributed by atoms with Crippen LogP contribution in [-0.2, 0) is 5.41 Å². The highest BCUT2D eigenvalue weighted by atomic mass is 16.5. The highest BCUT2D eigenvalue weighted by Gasteiger charge is 2.25. The molecule has 0 amide bonds. The number of hydrogen-bond donors (Lipinski definition) is 2. The molecule has 0 fully saturated rings. The fourth-order valence-corrected chi connectivity index (χ4v) is 2.95. The largest absolute Gasteiger partial charge is 0.507 e. The fraction of sp³-hybridized carbons (Fsp3) is 0.409. The average Bonchev–Trinajstić information content (AvgIpc) is 2.62. The van der Waals surface area contributed by atoms with Gasteiger partial charge in [0.15, 0.2) is 0 Å². The molecule has 140 valence electrons. The molecule has 0 atom stereocenters. The molecule has 0 aliphatic carbocycles. The molecule has 0 aliphatic rings. The highest BCUT2D eigenvalue weighted by Crippen LogP contribution is 2.34. The van der Waals surface area contributed by atoms with Gasteiger partial charge in [0.2, 0.25) is 0 Å². The second-order valence-electron chi connectivity index (χ2n) is 7.10. The van der Waals surface area contributed by atoms with E-state index in [2.05, 4.69) is 6.92 Å². The molecular formula is C22H28O4. The van der Waals surface area contributed by atoms with E-state index in [0.717, 1.165) is 29.9 Å². The zero-order chi connectivity index (χ0) is 19.2. The zero-order valence-electron chi connectivity index (χ0n) is 15.8. The lowest BCUT2D eigenvalue weighted by Crippen LogP contribution is -2.19. The molecule has 2 aromatic rings. The summed E-state index contributed by atoms with van der Waals surface area (Å²) in [7, 11) is 0. The molecule has 2 aromatic carbocycles. The third-order valence-corrected chi connectivity index (χ3v) is 4.79. The normalized spacial score (nSPS) is 11.3. The third kappa shape index (κ3) is 4.78. The number of aromatic hydroxyl groups is 1. The molecule has 0 heterocycles. The number of carboxylic acids is 1. The Labute approximate surface area is 155 Å². The summed E-state index contributed by atoms with van der Waals surface area (Å²) < 4.78 is 5.78. The van der Waals surface area contributed by atoms with Gasteiger partial charge in [-0.25, -0.2) is 4.79 Å². The summed E-state index contributed by atoms with van der Waals surface area (Å²) in [6.45, 7) is 6.98. The molecule has 26 heavy (non-hydrogen) atoms. The number of hydrogen-bond acceptors (Lipinski definition) is 3. The van der Waals surface area contributed by atoms with E-state index in [1.54, 1.807) is 6.07 Å². The van der Waals surface area contributed by atoms with E-state index >= 15 is 0 Å². The van der Waals surface area contributed by atoms with E-state index in [4.69, 9.17) is 4.74 Å². The molecule has 4 heteroatoms. The molecule has 0 unspecified atom stereocenters. The smallest absolute Gasteiger partial charge is 0.339 e. The number of unbranched alkanes of at least 4 members (excludes halogenated alkanes) is 3. The average molecular weight is 356 g/mol.